The average molecular weight is 766 g/mol. The van der Waals surface area contributed by atoms with Crippen molar-refractivity contribution < 1.29 is 4.42 Å². The Hall–Kier alpha value is -7.13. The maximum absolute atomic E-state index is 6.67. The Balaban J connectivity index is 1.06. The summed E-state index contributed by atoms with van der Waals surface area (Å²) < 4.78 is 11.3. The number of hydrogen-bond donors (Lipinski definition) is 0. The molecule has 0 atom stereocenters. The van der Waals surface area contributed by atoms with E-state index >= 15 is 0 Å². The quantitative estimate of drug-likeness (QED) is 0.174. The fraction of sp³-hybridized carbons (Fsp3) is 0. The predicted octanol–water partition coefficient (Wildman–Crippen LogP) is 13.6. The van der Waals surface area contributed by atoms with E-state index in [0.29, 0.717) is 23.3 Å². The Morgan fingerprint density at radius 3 is 1.75 bits per heavy atom. The summed E-state index contributed by atoms with van der Waals surface area (Å²) in [6.07, 6.45) is 0. The van der Waals surface area contributed by atoms with Crippen molar-refractivity contribution in [3.8, 4) is 56.8 Å². The van der Waals surface area contributed by atoms with Gasteiger partial charge in [0, 0.05) is 68.8 Å². The first kappa shape index (κ1) is 32.1. The molecule has 266 valence electrons. The minimum Gasteiger partial charge on any atom is -0.456 e. The van der Waals surface area contributed by atoms with Crippen LogP contribution in [0, 0.1) is 0 Å². The summed E-state index contributed by atoms with van der Waals surface area (Å²) in [4.78, 5) is 25.8. The van der Waals surface area contributed by atoms with Crippen molar-refractivity contribution in [1.29, 1.82) is 0 Å². The van der Waals surface area contributed by atoms with Gasteiger partial charge in [0.05, 0.1) is 15.9 Å². The second kappa shape index (κ2) is 12.7. The fourth-order valence-corrected chi connectivity index (χ4v) is 10.3. The van der Waals surface area contributed by atoms with Gasteiger partial charge in [-0.3, -0.25) is 0 Å². The lowest BCUT2D eigenvalue weighted by molar-refractivity contribution is 0.669. The third-order valence-corrected chi connectivity index (χ3v) is 13.0. The van der Waals surface area contributed by atoms with Gasteiger partial charge >= 0.3 is 0 Å². The van der Waals surface area contributed by atoms with Gasteiger partial charge < -0.3 is 4.42 Å². The van der Waals surface area contributed by atoms with Crippen LogP contribution in [0.3, 0.4) is 0 Å². The van der Waals surface area contributed by atoms with Crippen molar-refractivity contribution >= 4 is 85.1 Å². The molecule has 5 heterocycles. The number of furan rings is 1. The Morgan fingerprint density at radius 1 is 0.368 bits per heavy atom. The third kappa shape index (κ3) is 5.19. The van der Waals surface area contributed by atoms with E-state index in [-0.39, 0.29) is 0 Å². The Kier molecular flexibility index (Phi) is 7.17. The number of benzene rings is 7. The van der Waals surface area contributed by atoms with Crippen molar-refractivity contribution in [2.75, 3.05) is 0 Å². The molecule has 0 spiro atoms. The highest BCUT2D eigenvalue weighted by Crippen LogP contribution is 2.43. The number of hydrogen-bond acceptors (Lipinski definition) is 8. The molecular formula is C49H27N5OS2. The van der Waals surface area contributed by atoms with E-state index in [4.69, 9.17) is 29.3 Å². The third-order valence-electron chi connectivity index (χ3n) is 10.6. The molecule has 0 bridgehead atoms. The van der Waals surface area contributed by atoms with Crippen LogP contribution in [0.25, 0.3) is 119 Å². The molecule has 0 aliphatic carbocycles. The van der Waals surface area contributed by atoms with Crippen molar-refractivity contribution in [3.05, 3.63) is 164 Å². The van der Waals surface area contributed by atoms with Gasteiger partial charge in [-0.2, -0.15) is 0 Å². The number of rotatable bonds is 5. The standard InChI is InChI=1S/C49H27N5OS2/c1-3-13-28(14-4-1)46-50-42(45-43(51-46)34-18-8-10-24-40(34)57-45)30-25-26-33-38(27-30)55-37-22-12-20-35(41(33)37)48-52-47(29-15-5-2-6-16-29)53-49(54-48)36-21-11-19-32-31-17-7-9-23-39(31)56-44(32)36/h1-27H. The zero-order valence-electron chi connectivity index (χ0n) is 30.0. The molecular weight excluding hydrogens is 739 g/mol. The Labute approximate surface area is 333 Å². The molecule has 5 aromatic heterocycles. The van der Waals surface area contributed by atoms with E-state index < -0.39 is 0 Å². The van der Waals surface area contributed by atoms with Gasteiger partial charge in [0.1, 0.15) is 11.2 Å². The van der Waals surface area contributed by atoms with Crippen LogP contribution >= 0.6 is 22.7 Å². The summed E-state index contributed by atoms with van der Waals surface area (Å²) in [7, 11) is 0. The molecule has 0 radical (unpaired) electrons. The summed E-state index contributed by atoms with van der Waals surface area (Å²) in [5.74, 6) is 2.53. The second-order valence-corrected chi connectivity index (χ2v) is 16.1. The number of thiophene rings is 2. The second-order valence-electron chi connectivity index (χ2n) is 14.0. The molecule has 0 fully saturated rings. The molecule has 8 heteroatoms. The maximum atomic E-state index is 6.67. The van der Waals surface area contributed by atoms with Gasteiger partial charge in [-0.05, 0) is 36.4 Å². The van der Waals surface area contributed by atoms with E-state index in [9.17, 15) is 0 Å². The van der Waals surface area contributed by atoms with Gasteiger partial charge in [0.2, 0.25) is 0 Å². The molecule has 0 amide bonds. The molecule has 7 aromatic carbocycles. The normalized spacial score (nSPS) is 11.9. The summed E-state index contributed by atoms with van der Waals surface area (Å²) >= 11 is 3.49. The lowest BCUT2D eigenvalue weighted by atomic mass is 10.0. The van der Waals surface area contributed by atoms with Gasteiger partial charge in [0.25, 0.3) is 0 Å². The maximum Gasteiger partial charge on any atom is 0.165 e. The molecule has 0 N–H and O–H groups in total. The van der Waals surface area contributed by atoms with E-state index in [0.717, 1.165) is 75.8 Å². The van der Waals surface area contributed by atoms with Crippen LogP contribution in [-0.2, 0) is 0 Å². The summed E-state index contributed by atoms with van der Waals surface area (Å²) in [6, 6.07) is 56.1. The SMILES string of the molecule is c1ccc(-c2nc(-c3cccc4c3sc3ccccc34)nc(-c3cccc4oc5cc(-c6nc(-c7ccccc7)nc7c6sc6ccccc67)ccc5c34)n2)cc1. The Morgan fingerprint density at radius 2 is 0.965 bits per heavy atom. The van der Waals surface area contributed by atoms with Crippen LogP contribution in [0.15, 0.2) is 168 Å². The highest BCUT2D eigenvalue weighted by molar-refractivity contribution is 7.26. The summed E-state index contributed by atoms with van der Waals surface area (Å²) in [5, 5.41) is 5.49. The number of fused-ring (bicyclic) bond motifs is 9. The summed E-state index contributed by atoms with van der Waals surface area (Å²) in [5.41, 5.74) is 8.08. The van der Waals surface area contributed by atoms with Crippen LogP contribution in [0.5, 0.6) is 0 Å². The van der Waals surface area contributed by atoms with Gasteiger partial charge in [-0.1, -0.05) is 127 Å². The zero-order valence-corrected chi connectivity index (χ0v) is 31.7. The first-order valence-corrected chi connectivity index (χ1v) is 20.3. The summed E-state index contributed by atoms with van der Waals surface area (Å²) in [6.45, 7) is 0. The molecule has 12 rings (SSSR count). The first-order valence-electron chi connectivity index (χ1n) is 18.7. The van der Waals surface area contributed by atoms with Crippen molar-refractivity contribution in [3.63, 3.8) is 0 Å². The highest BCUT2D eigenvalue weighted by Gasteiger charge is 2.22. The largest absolute Gasteiger partial charge is 0.456 e. The average Bonchev–Trinajstić information content (AvgIpc) is 3.97. The molecule has 0 aliphatic rings. The van der Waals surface area contributed by atoms with Gasteiger partial charge in [-0.25, -0.2) is 24.9 Å². The minimum atomic E-state index is 0.588. The van der Waals surface area contributed by atoms with Gasteiger partial charge in [0.15, 0.2) is 23.3 Å². The van der Waals surface area contributed by atoms with Crippen LogP contribution in [0.4, 0.5) is 0 Å². The minimum absolute atomic E-state index is 0.588. The fourth-order valence-electron chi connectivity index (χ4n) is 7.92. The molecule has 0 saturated carbocycles. The van der Waals surface area contributed by atoms with Crippen molar-refractivity contribution in [1.82, 2.24) is 24.9 Å². The monoisotopic (exact) mass is 765 g/mol. The lowest BCUT2D eigenvalue weighted by Gasteiger charge is -2.10. The van der Waals surface area contributed by atoms with E-state index in [1.807, 2.05) is 60.7 Å². The van der Waals surface area contributed by atoms with Crippen LogP contribution < -0.4 is 0 Å². The van der Waals surface area contributed by atoms with Crippen LogP contribution in [0.1, 0.15) is 0 Å². The van der Waals surface area contributed by atoms with Crippen molar-refractivity contribution in [2.24, 2.45) is 0 Å². The molecule has 0 unspecified atom stereocenters. The number of aromatic nitrogens is 5. The first-order chi connectivity index (χ1) is 28.2. The van der Waals surface area contributed by atoms with Gasteiger partial charge in [-0.15, -0.1) is 22.7 Å². The predicted molar refractivity (Wildman–Crippen MR) is 236 cm³/mol. The highest BCUT2D eigenvalue weighted by atomic mass is 32.1. The topological polar surface area (TPSA) is 77.6 Å². The Bertz CT molecular complexity index is 3540. The molecule has 6 nitrogen and oxygen atoms in total. The lowest BCUT2D eigenvalue weighted by Crippen LogP contribution is -2.00. The van der Waals surface area contributed by atoms with E-state index in [1.54, 1.807) is 22.7 Å². The smallest absolute Gasteiger partial charge is 0.165 e. The molecule has 57 heavy (non-hydrogen) atoms. The van der Waals surface area contributed by atoms with E-state index in [1.165, 1.54) is 20.2 Å². The molecule has 0 aliphatic heterocycles. The molecule has 0 saturated heterocycles. The van der Waals surface area contributed by atoms with E-state index in [2.05, 4.69) is 103 Å². The zero-order chi connectivity index (χ0) is 37.5. The number of nitrogens with zero attached hydrogens (tertiary/aromatic N) is 5. The van der Waals surface area contributed by atoms with Crippen LogP contribution in [0.2, 0.25) is 0 Å². The van der Waals surface area contributed by atoms with Crippen LogP contribution in [-0.4, -0.2) is 24.9 Å². The molecule has 12 aromatic rings. The van der Waals surface area contributed by atoms with Crippen molar-refractivity contribution in [2.45, 2.75) is 0 Å².